The Morgan fingerprint density at radius 1 is 1.35 bits per heavy atom. The first-order valence-corrected chi connectivity index (χ1v) is 9.33. The van der Waals surface area contributed by atoms with Crippen molar-refractivity contribution < 1.29 is 19.4 Å². The summed E-state index contributed by atoms with van der Waals surface area (Å²) < 4.78 is 5.12. The number of benzene rings is 1. The molecular formula is C17H14N3O4S2-. The van der Waals surface area contributed by atoms with Crippen molar-refractivity contribution >= 4 is 52.0 Å². The summed E-state index contributed by atoms with van der Waals surface area (Å²) in [6, 6.07) is 10.6. The number of carbonyl (C=O) groups is 2. The number of thiophene rings is 1. The maximum absolute atomic E-state index is 12.7. The van der Waals surface area contributed by atoms with Gasteiger partial charge >= 0.3 is 0 Å². The Morgan fingerprint density at radius 3 is 2.73 bits per heavy atom. The lowest BCUT2D eigenvalue weighted by Crippen LogP contribution is -2.35. The summed E-state index contributed by atoms with van der Waals surface area (Å²) in [7, 11) is 1.55. The molecule has 1 saturated heterocycles. The van der Waals surface area contributed by atoms with Gasteiger partial charge in [0.15, 0.2) is 5.17 Å². The highest BCUT2D eigenvalue weighted by molar-refractivity contribution is 8.16. The van der Waals surface area contributed by atoms with Crippen LogP contribution in [0.15, 0.2) is 52.0 Å². The highest BCUT2D eigenvalue weighted by Gasteiger charge is 2.39. The highest BCUT2D eigenvalue weighted by Crippen LogP contribution is 2.34. The zero-order valence-electron chi connectivity index (χ0n) is 13.7. The summed E-state index contributed by atoms with van der Waals surface area (Å²) in [6.45, 7) is 0. The minimum Gasteiger partial charge on any atom is -0.550 e. The average Bonchev–Trinajstić information content (AvgIpc) is 3.24. The van der Waals surface area contributed by atoms with E-state index in [-0.39, 0.29) is 12.3 Å². The molecular weight excluding hydrogens is 374 g/mol. The molecule has 0 unspecified atom stereocenters. The summed E-state index contributed by atoms with van der Waals surface area (Å²) in [4.78, 5) is 25.9. The summed E-state index contributed by atoms with van der Waals surface area (Å²) in [6.07, 6.45) is 1.20. The largest absolute Gasteiger partial charge is 0.550 e. The van der Waals surface area contributed by atoms with Gasteiger partial charge in [0.05, 0.1) is 24.3 Å². The van der Waals surface area contributed by atoms with Crippen molar-refractivity contribution in [2.45, 2.75) is 11.7 Å². The lowest BCUT2D eigenvalue weighted by atomic mass is 10.2. The Labute approximate surface area is 158 Å². The van der Waals surface area contributed by atoms with Crippen molar-refractivity contribution in [2.75, 3.05) is 12.0 Å². The van der Waals surface area contributed by atoms with Crippen molar-refractivity contribution in [2.24, 2.45) is 10.2 Å². The number of carbonyl (C=O) groups excluding carboxylic acids is 2. The molecule has 1 aromatic heterocycles. The zero-order chi connectivity index (χ0) is 18.5. The number of nitrogens with zero attached hydrogens (tertiary/aromatic N) is 3. The first kappa shape index (κ1) is 18.2. The number of aliphatic carboxylic acids is 1. The van der Waals surface area contributed by atoms with Crippen LogP contribution in [0.4, 0.5) is 5.69 Å². The van der Waals surface area contributed by atoms with Crippen LogP contribution in [0.2, 0.25) is 0 Å². The van der Waals surface area contributed by atoms with E-state index in [1.165, 1.54) is 16.2 Å². The van der Waals surface area contributed by atoms with Gasteiger partial charge < -0.3 is 14.6 Å². The molecule has 1 aliphatic heterocycles. The summed E-state index contributed by atoms with van der Waals surface area (Å²) in [5.74, 6) is -1.00. The lowest BCUT2D eigenvalue weighted by Gasteiger charge is -2.16. The van der Waals surface area contributed by atoms with Crippen LogP contribution in [-0.4, -0.2) is 35.6 Å². The second-order valence-corrected chi connectivity index (χ2v) is 7.35. The predicted octanol–water partition coefficient (Wildman–Crippen LogP) is 1.74. The molecule has 0 saturated carbocycles. The number of anilines is 1. The predicted molar refractivity (Wildman–Crippen MR) is 101 cm³/mol. The number of hydrogen-bond donors (Lipinski definition) is 0. The van der Waals surface area contributed by atoms with Gasteiger partial charge in [-0.15, -0.1) is 16.4 Å². The Morgan fingerprint density at radius 2 is 2.12 bits per heavy atom. The van der Waals surface area contributed by atoms with Crippen LogP contribution >= 0.6 is 23.1 Å². The van der Waals surface area contributed by atoms with Crippen molar-refractivity contribution in [3.63, 3.8) is 0 Å². The fraction of sp³-hybridized carbons (Fsp3) is 0.176. The Hall–Kier alpha value is -2.65. The van der Waals surface area contributed by atoms with Crippen LogP contribution in [0.1, 0.15) is 11.3 Å². The molecule has 3 rings (SSSR count). The van der Waals surface area contributed by atoms with Crippen molar-refractivity contribution in [3.8, 4) is 5.75 Å². The maximum Gasteiger partial charge on any atom is 0.247 e. The van der Waals surface area contributed by atoms with Crippen LogP contribution in [0.25, 0.3) is 0 Å². The monoisotopic (exact) mass is 388 g/mol. The number of carboxylic acids is 1. The van der Waals surface area contributed by atoms with Crippen LogP contribution in [0, 0.1) is 0 Å². The van der Waals surface area contributed by atoms with Gasteiger partial charge in [0.1, 0.15) is 5.75 Å². The molecule has 9 heteroatoms. The highest BCUT2D eigenvalue weighted by atomic mass is 32.2. The molecule has 0 bridgehead atoms. The molecule has 26 heavy (non-hydrogen) atoms. The topological polar surface area (TPSA) is 94.4 Å². The van der Waals surface area contributed by atoms with Gasteiger partial charge in [0.2, 0.25) is 5.91 Å². The Balaban J connectivity index is 1.89. The van der Waals surface area contributed by atoms with Gasteiger partial charge in [-0.3, -0.25) is 9.69 Å². The molecule has 1 aliphatic rings. The summed E-state index contributed by atoms with van der Waals surface area (Å²) in [5.41, 5.74) is 0.564. The van der Waals surface area contributed by atoms with Gasteiger partial charge in [-0.25, -0.2) is 0 Å². The number of amides is 1. The SMILES string of the molecule is COc1ccc(N2C(=O)[C@@H](CC(=O)[O-])S/C2=N/N=C\c2cccs2)cc1. The number of rotatable bonds is 6. The molecule has 7 nitrogen and oxygen atoms in total. The second-order valence-electron chi connectivity index (χ2n) is 5.20. The zero-order valence-corrected chi connectivity index (χ0v) is 15.3. The van der Waals surface area contributed by atoms with Crippen LogP contribution in [0.5, 0.6) is 5.75 Å². The molecule has 2 aromatic rings. The number of methoxy groups -OCH3 is 1. The Kier molecular flexibility index (Phi) is 5.69. The molecule has 1 amide bonds. The number of ether oxygens (including phenoxy) is 1. The standard InChI is InChI=1S/C17H15N3O4S2/c1-24-12-6-4-11(5-7-12)20-16(23)14(9-15(21)22)26-17(20)19-18-10-13-3-2-8-25-13/h2-8,10,14H,9H2,1H3,(H,21,22)/p-1/b18-10-,19-17+/t14-/m1/s1. The fourth-order valence-electron chi connectivity index (χ4n) is 2.29. The first-order valence-electron chi connectivity index (χ1n) is 7.57. The van der Waals surface area contributed by atoms with E-state index < -0.39 is 11.2 Å². The van der Waals surface area contributed by atoms with Crippen LogP contribution in [0.3, 0.4) is 0 Å². The fourth-order valence-corrected chi connectivity index (χ4v) is 3.94. The van der Waals surface area contributed by atoms with Crippen molar-refractivity contribution in [3.05, 3.63) is 46.7 Å². The van der Waals surface area contributed by atoms with Crippen LogP contribution < -0.4 is 14.7 Å². The minimum absolute atomic E-state index is 0.319. The number of amidine groups is 1. The Bertz CT molecular complexity index is 847. The molecule has 0 spiro atoms. The van der Waals surface area contributed by atoms with Gasteiger partial charge in [-0.2, -0.15) is 5.10 Å². The van der Waals surface area contributed by atoms with Gasteiger partial charge in [0.25, 0.3) is 0 Å². The normalized spacial score (nSPS) is 18.8. The van der Waals surface area contributed by atoms with E-state index in [9.17, 15) is 14.7 Å². The smallest absolute Gasteiger partial charge is 0.247 e. The maximum atomic E-state index is 12.7. The number of carboxylic acid groups (broad SMARTS) is 1. The summed E-state index contributed by atoms with van der Waals surface area (Å²) in [5, 5.41) is 20.5. The molecule has 134 valence electrons. The average molecular weight is 388 g/mol. The molecule has 1 aromatic carbocycles. The molecule has 1 fully saturated rings. The second kappa shape index (κ2) is 8.15. The van der Waals surface area contributed by atoms with Crippen molar-refractivity contribution in [1.82, 2.24) is 0 Å². The first-order chi connectivity index (χ1) is 12.6. The quantitative estimate of drug-likeness (QED) is 0.555. The third-order valence-corrected chi connectivity index (χ3v) is 5.42. The summed E-state index contributed by atoms with van der Waals surface area (Å²) >= 11 is 2.57. The third-order valence-electron chi connectivity index (χ3n) is 3.49. The van der Waals surface area contributed by atoms with E-state index in [0.29, 0.717) is 16.6 Å². The van der Waals surface area contributed by atoms with Gasteiger partial charge in [0, 0.05) is 17.3 Å². The number of thioether (sulfide) groups is 1. The van der Waals surface area contributed by atoms with Crippen LogP contribution in [-0.2, 0) is 9.59 Å². The molecule has 0 radical (unpaired) electrons. The van der Waals surface area contributed by atoms with Gasteiger partial charge in [-0.05, 0) is 35.7 Å². The van der Waals surface area contributed by atoms with E-state index in [1.807, 2.05) is 17.5 Å². The van der Waals surface area contributed by atoms with E-state index in [2.05, 4.69) is 10.2 Å². The van der Waals surface area contributed by atoms with E-state index >= 15 is 0 Å². The molecule has 2 heterocycles. The molecule has 0 N–H and O–H groups in total. The lowest BCUT2D eigenvalue weighted by molar-refractivity contribution is -0.305. The molecule has 0 aliphatic carbocycles. The van der Waals surface area contributed by atoms with E-state index in [4.69, 9.17) is 4.74 Å². The number of hydrogen-bond acceptors (Lipinski definition) is 8. The van der Waals surface area contributed by atoms with E-state index in [1.54, 1.807) is 37.6 Å². The van der Waals surface area contributed by atoms with E-state index in [0.717, 1.165) is 16.6 Å². The van der Waals surface area contributed by atoms with Gasteiger partial charge in [-0.1, -0.05) is 17.8 Å². The minimum atomic E-state index is -1.28. The molecule has 1 atom stereocenters. The van der Waals surface area contributed by atoms with Crippen molar-refractivity contribution in [1.29, 1.82) is 0 Å². The third kappa shape index (κ3) is 4.12.